The molecule has 2 aliphatic rings. The molecule has 2 rings (SSSR count). The molecule has 0 aromatic rings. The zero-order valence-electron chi connectivity index (χ0n) is 14.5. The van der Waals surface area contributed by atoms with Gasteiger partial charge in [0.2, 0.25) is 0 Å². The van der Waals surface area contributed by atoms with Crippen LogP contribution in [-0.2, 0) is 26.2 Å². The summed E-state index contributed by atoms with van der Waals surface area (Å²) in [5.41, 5.74) is 2.78. The van der Waals surface area contributed by atoms with E-state index < -0.39 is 8.07 Å². The van der Waals surface area contributed by atoms with Crippen LogP contribution in [0.5, 0.6) is 0 Å². The SMILES string of the molecule is C[Si](C)(C1=[C-]CC=C1CCCO)C1=[C-]CC=C1CCCO.[Cl-].[Cl-].[Zr+4]. The second kappa shape index (κ2) is 12.8. The van der Waals surface area contributed by atoms with E-state index in [1.807, 2.05) is 0 Å². The third-order valence-corrected chi connectivity index (χ3v) is 7.85. The van der Waals surface area contributed by atoms with Crippen molar-refractivity contribution in [2.45, 2.75) is 51.6 Å². The average molecular weight is 465 g/mol. The van der Waals surface area contributed by atoms with Gasteiger partial charge in [0.15, 0.2) is 0 Å². The third-order valence-electron chi connectivity index (χ3n) is 4.36. The summed E-state index contributed by atoms with van der Waals surface area (Å²) in [5.74, 6) is 0. The molecule has 132 valence electrons. The van der Waals surface area contributed by atoms with Crippen LogP contribution < -0.4 is 24.8 Å². The summed E-state index contributed by atoms with van der Waals surface area (Å²) in [6.45, 7) is 5.27. The van der Waals surface area contributed by atoms with Crippen LogP contribution in [0.2, 0.25) is 13.1 Å². The standard InChI is InChI=1S/C18H26O2Si.2ClH.Zr/c1-21(2,17-11-3-7-15(17)9-5-13-19)18-12-4-8-16(18)10-6-14-20;;;/h7-8,19-20H,3-6,9-10,13-14H2,1-2H3;2*1H;/q-2;;;+4/p-2. The van der Waals surface area contributed by atoms with Crippen molar-refractivity contribution >= 4 is 8.07 Å². The fraction of sp³-hybridized carbons (Fsp3) is 0.556. The number of allylic oxidation sites excluding steroid dienone is 8. The maximum Gasteiger partial charge on any atom is 4.00 e. The predicted molar refractivity (Wildman–Crippen MR) is 89.0 cm³/mol. The van der Waals surface area contributed by atoms with Crippen molar-refractivity contribution in [2.75, 3.05) is 13.2 Å². The van der Waals surface area contributed by atoms with Crippen LogP contribution in [-0.4, -0.2) is 31.5 Å². The Morgan fingerprint density at radius 3 is 1.58 bits per heavy atom. The van der Waals surface area contributed by atoms with Gasteiger partial charge in [0, 0.05) is 21.3 Å². The number of halogens is 2. The molecule has 24 heavy (non-hydrogen) atoms. The molecule has 0 aromatic carbocycles. The fourth-order valence-electron chi connectivity index (χ4n) is 3.35. The molecule has 2 aliphatic carbocycles. The number of hydrogen-bond acceptors (Lipinski definition) is 2. The van der Waals surface area contributed by atoms with Gasteiger partial charge in [-0.3, -0.25) is 12.2 Å². The third kappa shape index (κ3) is 6.37. The molecule has 0 unspecified atom stereocenters. The van der Waals surface area contributed by atoms with Gasteiger partial charge in [-0.1, -0.05) is 25.9 Å². The minimum absolute atomic E-state index is 0. The van der Waals surface area contributed by atoms with Crippen molar-refractivity contribution in [3.8, 4) is 0 Å². The summed E-state index contributed by atoms with van der Waals surface area (Å²) in [6, 6.07) is 0. The van der Waals surface area contributed by atoms with Crippen LogP contribution in [0.25, 0.3) is 0 Å². The Morgan fingerprint density at radius 2 is 1.25 bits per heavy atom. The van der Waals surface area contributed by atoms with E-state index in [0.29, 0.717) is 0 Å². The van der Waals surface area contributed by atoms with Gasteiger partial charge in [-0.25, -0.2) is 21.5 Å². The molecule has 0 amide bonds. The summed E-state index contributed by atoms with van der Waals surface area (Å²) in [7, 11) is -1.75. The normalized spacial score (nSPS) is 16.2. The Kier molecular flexibility index (Phi) is 14.3. The molecule has 0 aromatic heterocycles. The van der Waals surface area contributed by atoms with E-state index in [-0.39, 0.29) is 64.2 Å². The van der Waals surface area contributed by atoms with Gasteiger partial charge < -0.3 is 35.0 Å². The Balaban J connectivity index is 0. The van der Waals surface area contributed by atoms with Crippen LogP contribution in [0, 0.1) is 12.2 Å². The Labute approximate surface area is 179 Å². The summed E-state index contributed by atoms with van der Waals surface area (Å²) >= 11 is 0. The van der Waals surface area contributed by atoms with E-state index in [2.05, 4.69) is 37.4 Å². The number of hydrogen-bond donors (Lipinski definition) is 2. The fourth-order valence-corrected chi connectivity index (χ4v) is 6.74. The Hall–Kier alpha value is 0.560. The predicted octanol–water partition coefficient (Wildman–Crippen LogP) is -2.56. The van der Waals surface area contributed by atoms with Crippen LogP contribution in [0.15, 0.2) is 33.7 Å². The van der Waals surface area contributed by atoms with E-state index in [4.69, 9.17) is 10.2 Å². The zero-order valence-corrected chi connectivity index (χ0v) is 19.4. The zero-order chi connectivity index (χ0) is 15.3. The Morgan fingerprint density at radius 1 is 0.875 bits per heavy atom. The molecule has 6 heteroatoms. The molecule has 2 nitrogen and oxygen atoms in total. The van der Waals surface area contributed by atoms with Gasteiger partial charge >= 0.3 is 26.2 Å². The topological polar surface area (TPSA) is 40.5 Å². The van der Waals surface area contributed by atoms with Crippen molar-refractivity contribution in [1.29, 1.82) is 0 Å². The first-order valence-electron chi connectivity index (χ1n) is 7.94. The van der Waals surface area contributed by atoms with Crippen molar-refractivity contribution in [3.63, 3.8) is 0 Å². The van der Waals surface area contributed by atoms with Gasteiger partial charge in [0.05, 0.1) is 0 Å². The molecule has 2 N–H and O–H groups in total. The van der Waals surface area contributed by atoms with Crippen LogP contribution in [0.1, 0.15) is 38.5 Å². The average Bonchev–Trinajstić information content (AvgIpc) is 3.11. The molecule has 0 heterocycles. The summed E-state index contributed by atoms with van der Waals surface area (Å²) in [4.78, 5) is 0. The monoisotopic (exact) mass is 462 g/mol. The van der Waals surface area contributed by atoms with Gasteiger partial charge in [0.1, 0.15) is 0 Å². The largest absolute Gasteiger partial charge is 4.00 e. The maximum absolute atomic E-state index is 9.07. The molecule has 0 spiro atoms. The quantitative estimate of drug-likeness (QED) is 0.307. The number of aliphatic hydroxyl groups is 2. The van der Waals surface area contributed by atoms with E-state index in [0.717, 1.165) is 38.5 Å². The molecule has 0 atom stereocenters. The molecular formula is C18H26Cl2O2SiZr. The van der Waals surface area contributed by atoms with E-state index >= 15 is 0 Å². The van der Waals surface area contributed by atoms with Crippen LogP contribution >= 0.6 is 0 Å². The molecule has 0 radical (unpaired) electrons. The smallest absolute Gasteiger partial charge is 1.00 e. The second-order valence-corrected chi connectivity index (χ2v) is 10.5. The van der Waals surface area contributed by atoms with Gasteiger partial charge in [-0.15, -0.1) is 12.8 Å². The van der Waals surface area contributed by atoms with Gasteiger partial charge in [-0.05, 0) is 12.8 Å². The first-order chi connectivity index (χ1) is 10.1. The second-order valence-electron chi connectivity index (χ2n) is 6.25. The van der Waals surface area contributed by atoms with Crippen molar-refractivity contribution < 1.29 is 61.2 Å². The number of aliphatic hydroxyl groups excluding tert-OH is 2. The van der Waals surface area contributed by atoms with E-state index in [1.165, 1.54) is 21.5 Å². The van der Waals surface area contributed by atoms with Crippen LogP contribution in [0.3, 0.4) is 0 Å². The molecule has 0 fully saturated rings. The first-order valence-corrected chi connectivity index (χ1v) is 10.9. The molecule has 0 bridgehead atoms. The molecule has 0 saturated carbocycles. The minimum Gasteiger partial charge on any atom is -1.00 e. The Bertz CT molecular complexity index is 467. The van der Waals surface area contributed by atoms with Crippen molar-refractivity contribution in [2.24, 2.45) is 0 Å². The van der Waals surface area contributed by atoms with Crippen molar-refractivity contribution in [1.82, 2.24) is 0 Å². The van der Waals surface area contributed by atoms with Crippen molar-refractivity contribution in [3.05, 3.63) is 45.8 Å². The van der Waals surface area contributed by atoms with E-state index in [1.54, 1.807) is 0 Å². The molecule has 0 aliphatic heterocycles. The first kappa shape index (κ1) is 26.8. The maximum atomic E-state index is 9.07. The summed E-state index contributed by atoms with van der Waals surface area (Å²) < 4.78 is 0. The van der Waals surface area contributed by atoms with Gasteiger partial charge in [-0.2, -0.15) is 12.2 Å². The number of rotatable bonds is 8. The van der Waals surface area contributed by atoms with Crippen LogP contribution in [0.4, 0.5) is 0 Å². The summed E-state index contributed by atoms with van der Waals surface area (Å²) in [6.07, 6.45) is 17.1. The molecule has 0 saturated heterocycles. The summed E-state index contributed by atoms with van der Waals surface area (Å²) in [5, 5.41) is 21.0. The minimum atomic E-state index is -1.75. The van der Waals surface area contributed by atoms with Gasteiger partial charge in [0.25, 0.3) is 0 Å². The molecular weight excluding hydrogens is 438 g/mol. The van der Waals surface area contributed by atoms with E-state index in [9.17, 15) is 0 Å².